The van der Waals surface area contributed by atoms with Crippen LogP contribution in [0.1, 0.15) is 37.3 Å². The Hall–Kier alpha value is -1.98. The summed E-state index contributed by atoms with van der Waals surface area (Å²) in [5, 5.41) is 2.47. The van der Waals surface area contributed by atoms with E-state index in [-0.39, 0.29) is 12.5 Å². The smallest absolute Gasteiger partial charge is 0.378 e. The largest absolute Gasteiger partial charge is 0.431 e. The molecule has 0 heterocycles. The van der Waals surface area contributed by atoms with Crippen LogP contribution in [0.2, 0.25) is 0 Å². The second-order valence-corrected chi connectivity index (χ2v) is 5.83. The van der Waals surface area contributed by atoms with Crippen LogP contribution in [0.5, 0.6) is 0 Å². The molecule has 0 spiro atoms. The van der Waals surface area contributed by atoms with Gasteiger partial charge >= 0.3 is 6.18 Å². The van der Waals surface area contributed by atoms with Gasteiger partial charge in [0.25, 0.3) is 0 Å². The van der Waals surface area contributed by atoms with Gasteiger partial charge < -0.3 is 11.1 Å². The zero-order valence-corrected chi connectivity index (χ0v) is 13.0. The molecule has 3 N–H and O–H groups in total. The molecule has 0 radical (unpaired) electrons. The number of alkyl halides is 3. The molecule has 6 heteroatoms. The van der Waals surface area contributed by atoms with Crippen LogP contribution in [0.3, 0.4) is 0 Å². The number of nitrogens with one attached hydrogen (secondary N) is 1. The molecule has 2 rings (SSSR count). The van der Waals surface area contributed by atoms with Gasteiger partial charge in [-0.25, -0.2) is 0 Å². The number of hydrogen-bond acceptors (Lipinski definition) is 2. The van der Waals surface area contributed by atoms with Crippen molar-refractivity contribution in [3.63, 3.8) is 0 Å². The number of benzene rings is 1. The third-order valence-electron chi connectivity index (χ3n) is 4.15. The zero-order valence-electron chi connectivity index (χ0n) is 13.0. The summed E-state index contributed by atoms with van der Waals surface area (Å²) in [5.74, 6) is -1.04. The normalized spacial score (nSPS) is 16.5. The molecule has 1 amide bonds. The highest BCUT2D eigenvalue weighted by molar-refractivity contribution is 5.93. The summed E-state index contributed by atoms with van der Waals surface area (Å²) in [6, 6.07) is 6.93. The van der Waals surface area contributed by atoms with E-state index < -0.39 is 23.4 Å². The SMILES string of the molecule is CCc1ccc(C/C(C(N)=O)=C(/NC2CCC2)C(F)(F)F)cc1. The van der Waals surface area contributed by atoms with Gasteiger partial charge in [0, 0.05) is 18.0 Å². The molecule has 0 aromatic heterocycles. The van der Waals surface area contributed by atoms with Gasteiger partial charge in [-0.05, 0) is 36.8 Å². The van der Waals surface area contributed by atoms with E-state index in [1.165, 1.54) is 0 Å². The van der Waals surface area contributed by atoms with Crippen LogP contribution in [0.15, 0.2) is 35.5 Å². The fraction of sp³-hybridized carbons (Fsp3) is 0.471. The number of amides is 1. The monoisotopic (exact) mass is 326 g/mol. The van der Waals surface area contributed by atoms with Crippen molar-refractivity contribution in [2.45, 2.75) is 51.2 Å². The van der Waals surface area contributed by atoms with Crippen molar-refractivity contribution in [2.24, 2.45) is 5.73 Å². The third-order valence-corrected chi connectivity index (χ3v) is 4.15. The number of carbonyl (C=O) groups excluding carboxylic acids is 1. The van der Waals surface area contributed by atoms with E-state index in [2.05, 4.69) is 5.32 Å². The van der Waals surface area contributed by atoms with E-state index in [9.17, 15) is 18.0 Å². The maximum absolute atomic E-state index is 13.3. The van der Waals surface area contributed by atoms with Crippen molar-refractivity contribution in [3.8, 4) is 0 Å². The highest BCUT2D eigenvalue weighted by Crippen LogP contribution is 2.31. The summed E-state index contributed by atoms with van der Waals surface area (Å²) >= 11 is 0. The Labute approximate surface area is 133 Å². The molecule has 1 aliphatic rings. The number of hydrogen-bond donors (Lipinski definition) is 2. The number of primary amides is 1. The van der Waals surface area contributed by atoms with E-state index in [0.29, 0.717) is 18.4 Å². The van der Waals surface area contributed by atoms with E-state index in [0.717, 1.165) is 18.4 Å². The van der Waals surface area contributed by atoms with E-state index in [1.807, 2.05) is 19.1 Å². The predicted molar refractivity (Wildman–Crippen MR) is 82.6 cm³/mol. The second kappa shape index (κ2) is 7.06. The Morgan fingerprint density at radius 3 is 2.17 bits per heavy atom. The van der Waals surface area contributed by atoms with Crippen LogP contribution in [0.25, 0.3) is 0 Å². The first-order valence-electron chi connectivity index (χ1n) is 7.75. The minimum atomic E-state index is -4.62. The van der Waals surface area contributed by atoms with E-state index in [1.54, 1.807) is 12.1 Å². The lowest BCUT2D eigenvalue weighted by Gasteiger charge is -2.30. The minimum absolute atomic E-state index is 0.131. The molecular weight excluding hydrogens is 305 g/mol. The van der Waals surface area contributed by atoms with Gasteiger partial charge in [0.1, 0.15) is 5.70 Å². The summed E-state index contributed by atoms with van der Waals surface area (Å²) in [6.45, 7) is 1.99. The predicted octanol–water partition coefficient (Wildman–Crippen LogP) is 3.24. The van der Waals surface area contributed by atoms with Crippen LogP contribution in [0.4, 0.5) is 13.2 Å². The molecule has 0 aliphatic heterocycles. The van der Waals surface area contributed by atoms with Crippen molar-refractivity contribution in [1.82, 2.24) is 5.32 Å². The molecule has 0 saturated heterocycles. The standard InChI is InChI=1S/C17H21F3N2O/c1-2-11-6-8-12(9-7-11)10-14(16(21)23)15(17(18,19)20)22-13-4-3-5-13/h6-9,13,22H,2-5,10H2,1H3,(H2,21,23)/b15-14-. The lowest BCUT2D eigenvalue weighted by Crippen LogP contribution is -2.41. The lowest BCUT2D eigenvalue weighted by atomic mass is 9.92. The number of carbonyl (C=O) groups is 1. The minimum Gasteiger partial charge on any atom is -0.378 e. The fourth-order valence-corrected chi connectivity index (χ4v) is 2.49. The zero-order chi connectivity index (χ0) is 17.0. The summed E-state index contributed by atoms with van der Waals surface area (Å²) < 4.78 is 40.0. The van der Waals surface area contributed by atoms with Crippen molar-refractivity contribution in [1.29, 1.82) is 0 Å². The molecule has 1 fully saturated rings. The molecule has 1 aromatic carbocycles. The van der Waals surface area contributed by atoms with Gasteiger partial charge in [-0.15, -0.1) is 0 Å². The Balaban J connectivity index is 2.31. The molecule has 23 heavy (non-hydrogen) atoms. The van der Waals surface area contributed by atoms with Crippen molar-refractivity contribution < 1.29 is 18.0 Å². The Morgan fingerprint density at radius 2 is 1.78 bits per heavy atom. The van der Waals surface area contributed by atoms with Crippen LogP contribution < -0.4 is 11.1 Å². The van der Waals surface area contributed by atoms with Crippen LogP contribution in [0, 0.1) is 0 Å². The average Bonchev–Trinajstić information content (AvgIpc) is 2.43. The van der Waals surface area contributed by atoms with Crippen molar-refractivity contribution in [2.75, 3.05) is 0 Å². The van der Waals surface area contributed by atoms with Gasteiger partial charge in [0.2, 0.25) is 5.91 Å². The molecule has 3 nitrogen and oxygen atoms in total. The lowest BCUT2D eigenvalue weighted by molar-refractivity contribution is -0.117. The maximum Gasteiger partial charge on any atom is 0.431 e. The number of aryl methyl sites for hydroxylation is 1. The molecule has 1 aromatic rings. The second-order valence-electron chi connectivity index (χ2n) is 5.83. The summed E-state index contributed by atoms with van der Waals surface area (Å²) in [5.41, 5.74) is 5.55. The molecule has 1 saturated carbocycles. The Morgan fingerprint density at radius 1 is 1.22 bits per heavy atom. The molecule has 0 atom stereocenters. The maximum atomic E-state index is 13.3. The molecular formula is C17H21F3N2O. The molecule has 1 aliphatic carbocycles. The quantitative estimate of drug-likeness (QED) is 0.789. The van der Waals surface area contributed by atoms with Gasteiger partial charge in [-0.3, -0.25) is 4.79 Å². The van der Waals surface area contributed by atoms with Crippen molar-refractivity contribution >= 4 is 5.91 Å². The van der Waals surface area contributed by atoms with E-state index in [4.69, 9.17) is 5.73 Å². The number of allylic oxidation sites excluding steroid dienone is 1. The van der Waals surface area contributed by atoms with Crippen LogP contribution >= 0.6 is 0 Å². The highest BCUT2D eigenvalue weighted by atomic mass is 19.4. The average molecular weight is 326 g/mol. The third kappa shape index (κ3) is 4.50. The first-order valence-corrected chi connectivity index (χ1v) is 7.75. The Bertz CT molecular complexity index is 587. The van der Waals surface area contributed by atoms with Crippen LogP contribution in [-0.4, -0.2) is 18.1 Å². The van der Waals surface area contributed by atoms with Gasteiger partial charge in [-0.1, -0.05) is 31.2 Å². The first-order chi connectivity index (χ1) is 10.8. The molecule has 126 valence electrons. The molecule has 0 unspecified atom stereocenters. The number of nitrogens with two attached hydrogens (primary N) is 1. The first kappa shape index (κ1) is 17.4. The Kier molecular flexibility index (Phi) is 5.34. The van der Waals surface area contributed by atoms with Gasteiger partial charge in [0.05, 0.1) is 0 Å². The topological polar surface area (TPSA) is 55.1 Å². The summed E-state index contributed by atoms with van der Waals surface area (Å²) in [6.07, 6.45) is -1.66. The fourth-order valence-electron chi connectivity index (χ4n) is 2.49. The van der Waals surface area contributed by atoms with Crippen molar-refractivity contribution in [3.05, 3.63) is 46.7 Å². The van der Waals surface area contributed by atoms with Crippen LogP contribution in [-0.2, 0) is 17.6 Å². The van der Waals surface area contributed by atoms with Gasteiger partial charge in [0.15, 0.2) is 0 Å². The van der Waals surface area contributed by atoms with Gasteiger partial charge in [-0.2, -0.15) is 13.2 Å². The number of halogens is 3. The van der Waals surface area contributed by atoms with E-state index >= 15 is 0 Å². The summed E-state index contributed by atoms with van der Waals surface area (Å²) in [4.78, 5) is 11.6. The molecule has 0 bridgehead atoms. The summed E-state index contributed by atoms with van der Waals surface area (Å²) in [7, 11) is 0. The highest BCUT2D eigenvalue weighted by Gasteiger charge is 2.39. The number of rotatable bonds is 6.